The van der Waals surface area contributed by atoms with Crippen molar-refractivity contribution in [3.8, 4) is 11.1 Å². The molecule has 0 unspecified atom stereocenters. The van der Waals surface area contributed by atoms with E-state index in [0.717, 1.165) is 32.9 Å². The van der Waals surface area contributed by atoms with E-state index in [1.807, 2.05) is 6.07 Å². The summed E-state index contributed by atoms with van der Waals surface area (Å²) >= 11 is 0. The lowest BCUT2D eigenvalue weighted by atomic mass is 9.86. The Morgan fingerprint density at radius 1 is 1.00 bits per heavy atom. The highest BCUT2D eigenvalue weighted by Crippen LogP contribution is 2.33. The third-order valence-electron chi connectivity index (χ3n) is 4.43. The maximum atomic E-state index is 11.7. The molecule has 4 heteroatoms. The molecular formula is C20H18N2O2. The lowest BCUT2D eigenvalue weighted by molar-refractivity contribution is 0.316. The fraction of sp³-hybridized carbons (Fsp3) is 0.200. The molecule has 3 aromatic carbocycles. The Morgan fingerprint density at radius 2 is 1.75 bits per heavy atom. The highest BCUT2D eigenvalue weighted by molar-refractivity contribution is 6.09. The summed E-state index contributed by atoms with van der Waals surface area (Å²) in [6.07, 6.45) is 0. The zero-order chi connectivity index (χ0) is 16.9. The van der Waals surface area contributed by atoms with E-state index >= 15 is 0 Å². The summed E-state index contributed by atoms with van der Waals surface area (Å²) < 4.78 is 5.09. The summed E-state index contributed by atoms with van der Waals surface area (Å²) in [5.41, 5.74) is 4.95. The molecule has 0 saturated carbocycles. The lowest BCUT2D eigenvalue weighted by Gasteiger charge is -2.19. The molecule has 4 aromatic rings. The molecule has 24 heavy (non-hydrogen) atoms. The number of H-pyrrole nitrogens is 1. The van der Waals surface area contributed by atoms with Crippen molar-refractivity contribution in [3.63, 3.8) is 0 Å². The molecule has 0 aliphatic carbocycles. The molecule has 4 nitrogen and oxygen atoms in total. The minimum Gasteiger partial charge on any atom is -0.290 e. The molecular weight excluding hydrogens is 300 g/mol. The second-order valence-electron chi connectivity index (χ2n) is 7.14. The van der Waals surface area contributed by atoms with Crippen LogP contribution in [0.3, 0.4) is 0 Å². The number of rotatable bonds is 1. The first-order valence-corrected chi connectivity index (χ1v) is 7.95. The summed E-state index contributed by atoms with van der Waals surface area (Å²) in [7, 11) is 0. The van der Waals surface area contributed by atoms with E-state index in [0.29, 0.717) is 0 Å². The van der Waals surface area contributed by atoms with Gasteiger partial charge in [0.1, 0.15) is 11.0 Å². The van der Waals surface area contributed by atoms with Gasteiger partial charge in [0.2, 0.25) is 0 Å². The molecule has 0 amide bonds. The predicted octanol–water partition coefficient (Wildman–Crippen LogP) is 4.63. The van der Waals surface area contributed by atoms with Gasteiger partial charge < -0.3 is 0 Å². The molecule has 0 saturated heterocycles. The van der Waals surface area contributed by atoms with Gasteiger partial charge >= 0.3 is 0 Å². The van der Waals surface area contributed by atoms with Crippen LogP contribution in [0.2, 0.25) is 0 Å². The molecule has 4 rings (SSSR count). The minimum absolute atomic E-state index is 0.00710. The van der Waals surface area contributed by atoms with Gasteiger partial charge in [0.25, 0.3) is 0 Å². The van der Waals surface area contributed by atoms with Gasteiger partial charge in [-0.3, -0.25) is 9.42 Å². The number of hydrogen-bond donors (Lipinski definition) is 1. The Balaban J connectivity index is 1.98. The van der Waals surface area contributed by atoms with Crippen molar-refractivity contribution in [2.75, 3.05) is 0 Å². The van der Waals surface area contributed by atoms with Gasteiger partial charge in [-0.1, -0.05) is 50.2 Å². The first-order valence-electron chi connectivity index (χ1n) is 7.95. The Bertz CT molecular complexity index is 1100. The number of nitrogens with one attached hydrogen (secondary N) is 1. The number of aromatic nitrogens is 2. The molecule has 1 aromatic heterocycles. The monoisotopic (exact) mass is 318 g/mol. The average molecular weight is 318 g/mol. The van der Waals surface area contributed by atoms with Gasteiger partial charge in [-0.15, -0.1) is 0 Å². The van der Waals surface area contributed by atoms with E-state index < -0.39 is 0 Å². The Kier molecular flexibility index (Phi) is 3.10. The van der Waals surface area contributed by atoms with Crippen molar-refractivity contribution in [2.45, 2.75) is 26.2 Å². The Hall–Kier alpha value is -2.88. The topological polar surface area (TPSA) is 58.9 Å². The van der Waals surface area contributed by atoms with Crippen LogP contribution in [-0.4, -0.2) is 10.3 Å². The minimum atomic E-state index is -0.00710. The largest absolute Gasteiger partial charge is 0.290 e. The molecule has 1 N–H and O–H groups in total. The van der Waals surface area contributed by atoms with E-state index in [4.69, 9.17) is 4.63 Å². The quantitative estimate of drug-likeness (QED) is 0.556. The van der Waals surface area contributed by atoms with Gasteiger partial charge in [0.15, 0.2) is 5.43 Å². The summed E-state index contributed by atoms with van der Waals surface area (Å²) in [5, 5.41) is 8.78. The fourth-order valence-electron chi connectivity index (χ4n) is 3.06. The number of aromatic amines is 1. The summed E-state index contributed by atoms with van der Waals surface area (Å²) in [6, 6.07) is 15.5. The molecule has 0 atom stereocenters. The van der Waals surface area contributed by atoms with Crippen molar-refractivity contribution in [3.05, 3.63) is 64.3 Å². The second kappa shape index (κ2) is 5.06. The fourth-order valence-corrected chi connectivity index (χ4v) is 3.06. The van der Waals surface area contributed by atoms with E-state index in [1.165, 1.54) is 5.56 Å². The van der Waals surface area contributed by atoms with Gasteiger partial charge in [-0.2, -0.15) is 5.16 Å². The van der Waals surface area contributed by atoms with Crippen LogP contribution in [0, 0.1) is 0 Å². The zero-order valence-corrected chi connectivity index (χ0v) is 13.9. The van der Waals surface area contributed by atoms with Crippen LogP contribution in [0.1, 0.15) is 26.3 Å². The van der Waals surface area contributed by atoms with Crippen LogP contribution in [0.4, 0.5) is 0 Å². The molecule has 0 spiro atoms. The highest BCUT2D eigenvalue weighted by Gasteiger charge is 2.15. The van der Waals surface area contributed by atoms with E-state index in [1.54, 1.807) is 18.2 Å². The Morgan fingerprint density at radius 3 is 2.46 bits per heavy atom. The van der Waals surface area contributed by atoms with Crippen LogP contribution < -0.4 is 5.43 Å². The van der Waals surface area contributed by atoms with E-state index in [2.05, 4.69) is 55.4 Å². The van der Waals surface area contributed by atoms with Crippen LogP contribution in [-0.2, 0) is 5.41 Å². The maximum absolute atomic E-state index is 11.7. The Labute approximate surface area is 139 Å². The summed E-state index contributed by atoms with van der Waals surface area (Å²) in [6.45, 7) is 6.58. The number of nitrogens with zero attached hydrogens (tertiary/aromatic N) is 1. The molecule has 0 bridgehead atoms. The van der Waals surface area contributed by atoms with Crippen LogP contribution in [0.25, 0.3) is 32.9 Å². The molecule has 0 aliphatic rings. The number of fused-ring (bicyclic) bond motifs is 3. The van der Waals surface area contributed by atoms with Crippen molar-refractivity contribution < 1.29 is 4.63 Å². The van der Waals surface area contributed by atoms with Crippen LogP contribution in [0.15, 0.2) is 58.0 Å². The molecule has 0 radical (unpaired) electrons. The SMILES string of the molecule is CC(C)(C)c1ccc(-c2cc3cc(=O)ccc3c3[nH]onc23)cc1. The predicted molar refractivity (Wildman–Crippen MR) is 96.3 cm³/mol. The highest BCUT2D eigenvalue weighted by atomic mass is 16.6. The smallest absolute Gasteiger partial charge is 0.179 e. The van der Waals surface area contributed by atoms with Gasteiger partial charge in [0, 0.05) is 10.9 Å². The van der Waals surface area contributed by atoms with Crippen molar-refractivity contribution in [1.29, 1.82) is 0 Å². The van der Waals surface area contributed by atoms with Crippen molar-refractivity contribution in [2.24, 2.45) is 0 Å². The van der Waals surface area contributed by atoms with Crippen molar-refractivity contribution >= 4 is 21.8 Å². The number of benzene rings is 3. The first-order chi connectivity index (χ1) is 11.4. The van der Waals surface area contributed by atoms with Gasteiger partial charge in [0.05, 0.1) is 0 Å². The first kappa shape index (κ1) is 14.7. The molecule has 120 valence electrons. The zero-order valence-electron chi connectivity index (χ0n) is 13.9. The third-order valence-corrected chi connectivity index (χ3v) is 4.43. The number of hydrogen-bond acceptors (Lipinski definition) is 3. The normalized spacial score (nSPS) is 12.1. The van der Waals surface area contributed by atoms with Gasteiger partial charge in [-0.25, -0.2) is 0 Å². The summed E-state index contributed by atoms with van der Waals surface area (Å²) in [4.78, 5) is 11.7. The summed E-state index contributed by atoms with van der Waals surface area (Å²) in [5.74, 6) is 0. The van der Waals surface area contributed by atoms with E-state index in [9.17, 15) is 4.79 Å². The molecule has 1 heterocycles. The van der Waals surface area contributed by atoms with Crippen LogP contribution >= 0.6 is 0 Å². The van der Waals surface area contributed by atoms with Gasteiger partial charge in [-0.05, 0) is 46.2 Å². The van der Waals surface area contributed by atoms with Crippen molar-refractivity contribution in [1.82, 2.24) is 10.3 Å². The standard InChI is InChI=1S/C20H18N2O2/c1-20(2,3)14-6-4-12(5-7-14)17-11-13-10-15(23)8-9-16(13)18-19(17)22-24-21-18/h4-11,21H,1-3H3. The maximum Gasteiger partial charge on any atom is 0.179 e. The third kappa shape index (κ3) is 2.31. The average Bonchev–Trinajstić information content (AvgIpc) is 3.03. The van der Waals surface area contributed by atoms with E-state index in [-0.39, 0.29) is 10.8 Å². The molecule has 0 fully saturated rings. The lowest BCUT2D eigenvalue weighted by Crippen LogP contribution is -2.10. The second-order valence-corrected chi connectivity index (χ2v) is 7.14. The molecule has 0 aliphatic heterocycles. The van der Waals surface area contributed by atoms with Crippen LogP contribution in [0.5, 0.6) is 0 Å².